The Hall–Kier alpha value is -1.23. The van der Waals surface area contributed by atoms with Gasteiger partial charge in [0.05, 0.1) is 6.61 Å². The van der Waals surface area contributed by atoms with E-state index in [0.717, 1.165) is 10.0 Å². The highest BCUT2D eigenvalue weighted by molar-refractivity contribution is 9.10. The van der Waals surface area contributed by atoms with Gasteiger partial charge in [0.2, 0.25) is 0 Å². The van der Waals surface area contributed by atoms with Gasteiger partial charge in [0.1, 0.15) is 5.82 Å². The average molecular weight is 338 g/mol. The van der Waals surface area contributed by atoms with Gasteiger partial charge in [-0.05, 0) is 30.2 Å². The molecule has 0 saturated carbocycles. The lowest BCUT2D eigenvalue weighted by Crippen LogP contribution is -2.34. The first-order valence-electron chi connectivity index (χ1n) is 6.51. The monoisotopic (exact) mass is 337 g/mol. The molecular formula is C16H17BrFNO. The Morgan fingerprint density at radius 3 is 2.60 bits per heavy atom. The van der Waals surface area contributed by atoms with E-state index in [1.54, 1.807) is 12.1 Å². The molecule has 20 heavy (non-hydrogen) atoms. The predicted molar refractivity (Wildman–Crippen MR) is 82.0 cm³/mol. The van der Waals surface area contributed by atoms with Crippen LogP contribution in [0.1, 0.15) is 11.1 Å². The smallest absolute Gasteiger partial charge is 0.127 e. The average Bonchev–Trinajstić information content (AvgIpc) is 2.47. The molecule has 4 heteroatoms. The summed E-state index contributed by atoms with van der Waals surface area (Å²) in [6.07, 6.45) is 0.715. The number of aliphatic hydroxyl groups excluding tert-OH is 1. The van der Waals surface area contributed by atoms with Crippen LogP contribution in [0.3, 0.4) is 0 Å². The van der Waals surface area contributed by atoms with Crippen molar-refractivity contribution >= 4 is 15.9 Å². The van der Waals surface area contributed by atoms with Gasteiger partial charge in [0.15, 0.2) is 0 Å². The molecule has 0 aliphatic rings. The summed E-state index contributed by atoms with van der Waals surface area (Å²) in [5.41, 5.74) is 1.74. The minimum Gasteiger partial charge on any atom is -0.395 e. The van der Waals surface area contributed by atoms with Crippen LogP contribution >= 0.6 is 15.9 Å². The third-order valence-corrected chi connectivity index (χ3v) is 3.63. The maximum absolute atomic E-state index is 13.6. The molecule has 0 spiro atoms. The van der Waals surface area contributed by atoms with Gasteiger partial charge in [-0.25, -0.2) is 4.39 Å². The Kier molecular flexibility index (Phi) is 5.71. The highest BCUT2D eigenvalue weighted by Gasteiger charge is 2.10. The van der Waals surface area contributed by atoms with Gasteiger partial charge in [-0.15, -0.1) is 0 Å². The summed E-state index contributed by atoms with van der Waals surface area (Å²) >= 11 is 3.33. The standard InChI is InChI=1S/C16H17BrFNO/c17-14-6-7-16(18)13(9-14)10-19-15(11-20)8-12-4-2-1-3-5-12/h1-7,9,15,19-20H,8,10-11H2/t15-/m1/s1. The fourth-order valence-corrected chi connectivity index (χ4v) is 2.44. The van der Waals surface area contributed by atoms with Crippen LogP contribution < -0.4 is 5.32 Å². The first-order valence-corrected chi connectivity index (χ1v) is 7.30. The van der Waals surface area contributed by atoms with Crippen molar-refractivity contribution in [3.05, 3.63) is 69.9 Å². The van der Waals surface area contributed by atoms with Gasteiger partial charge in [-0.2, -0.15) is 0 Å². The summed E-state index contributed by atoms with van der Waals surface area (Å²) in [6, 6.07) is 14.7. The van der Waals surface area contributed by atoms with E-state index < -0.39 is 0 Å². The van der Waals surface area contributed by atoms with Crippen molar-refractivity contribution in [2.45, 2.75) is 19.0 Å². The molecule has 2 aromatic carbocycles. The maximum Gasteiger partial charge on any atom is 0.127 e. The fraction of sp³-hybridized carbons (Fsp3) is 0.250. The van der Waals surface area contributed by atoms with Crippen LogP contribution in [0.4, 0.5) is 4.39 Å². The predicted octanol–water partition coefficient (Wildman–Crippen LogP) is 3.28. The fourth-order valence-electron chi connectivity index (χ4n) is 2.03. The van der Waals surface area contributed by atoms with E-state index in [9.17, 15) is 9.50 Å². The maximum atomic E-state index is 13.6. The largest absolute Gasteiger partial charge is 0.395 e. The first-order chi connectivity index (χ1) is 9.69. The molecule has 0 unspecified atom stereocenters. The number of benzene rings is 2. The summed E-state index contributed by atoms with van der Waals surface area (Å²) in [5.74, 6) is -0.239. The third-order valence-electron chi connectivity index (χ3n) is 3.13. The van der Waals surface area contributed by atoms with E-state index >= 15 is 0 Å². The molecule has 0 amide bonds. The molecular weight excluding hydrogens is 321 g/mol. The first kappa shape index (κ1) is 15.2. The molecule has 2 N–H and O–H groups in total. The molecule has 0 bridgehead atoms. The zero-order chi connectivity index (χ0) is 14.4. The summed E-state index contributed by atoms with van der Waals surface area (Å²) in [5, 5.41) is 12.6. The van der Waals surface area contributed by atoms with Crippen molar-refractivity contribution in [2.75, 3.05) is 6.61 Å². The van der Waals surface area contributed by atoms with Crippen LogP contribution in [0, 0.1) is 5.82 Å². The van der Waals surface area contributed by atoms with E-state index in [0.29, 0.717) is 18.5 Å². The Labute approximate surface area is 126 Å². The number of rotatable bonds is 6. The molecule has 106 valence electrons. The highest BCUT2D eigenvalue weighted by Crippen LogP contribution is 2.15. The van der Waals surface area contributed by atoms with E-state index in [1.165, 1.54) is 6.07 Å². The molecule has 0 aliphatic heterocycles. The van der Waals surface area contributed by atoms with Crippen molar-refractivity contribution in [1.82, 2.24) is 5.32 Å². The number of hydrogen-bond acceptors (Lipinski definition) is 2. The van der Waals surface area contributed by atoms with Gasteiger partial charge in [-0.1, -0.05) is 46.3 Å². The second-order valence-electron chi connectivity index (χ2n) is 4.69. The Morgan fingerprint density at radius 1 is 1.15 bits per heavy atom. The van der Waals surface area contributed by atoms with Gasteiger partial charge >= 0.3 is 0 Å². The van der Waals surface area contributed by atoms with Gasteiger partial charge in [0, 0.05) is 22.6 Å². The summed E-state index contributed by atoms with van der Waals surface area (Å²) in [7, 11) is 0. The van der Waals surface area contributed by atoms with E-state index in [4.69, 9.17) is 0 Å². The van der Waals surface area contributed by atoms with E-state index in [2.05, 4.69) is 21.2 Å². The van der Waals surface area contributed by atoms with Crippen LogP contribution in [-0.4, -0.2) is 17.8 Å². The number of nitrogens with one attached hydrogen (secondary N) is 1. The topological polar surface area (TPSA) is 32.3 Å². The van der Waals surface area contributed by atoms with Crippen molar-refractivity contribution in [3.8, 4) is 0 Å². The number of aliphatic hydroxyl groups is 1. The Bertz CT molecular complexity index is 547. The Balaban J connectivity index is 1.95. The lowest BCUT2D eigenvalue weighted by molar-refractivity contribution is 0.240. The van der Waals surface area contributed by atoms with Gasteiger partial charge in [-0.3, -0.25) is 0 Å². The zero-order valence-electron chi connectivity index (χ0n) is 11.0. The van der Waals surface area contributed by atoms with E-state index in [-0.39, 0.29) is 18.5 Å². The molecule has 0 fully saturated rings. The van der Waals surface area contributed by atoms with Crippen LogP contribution in [-0.2, 0) is 13.0 Å². The molecule has 0 radical (unpaired) electrons. The van der Waals surface area contributed by atoms with Crippen molar-refractivity contribution in [1.29, 1.82) is 0 Å². The molecule has 0 saturated heterocycles. The SMILES string of the molecule is OC[C@@H](Cc1ccccc1)NCc1cc(Br)ccc1F. The minimum atomic E-state index is -0.239. The summed E-state index contributed by atoms with van der Waals surface area (Å²) < 4.78 is 14.5. The summed E-state index contributed by atoms with van der Waals surface area (Å²) in [4.78, 5) is 0. The molecule has 0 aromatic heterocycles. The van der Waals surface area contributed by atoms with Crippen molar-refractivity contribution in [3.63, 3.8) is 0 Å². The van der Waals surface area contributed by atoms with Crippen LogP contribution in [0.5, 0.6) is 0 Å². The second-order valence-corrected chi connectivity index (χ2v) is 5.60. The number of hydrogen-bond donors (Lipinski definition) is 2. The zero-order valence-corrected chi connectivity index (χ0v) is 12.6. The molecule has 2 aromatic rings. The van der Waals surface area contributed by atoms with Crippen molar-refractivity contribution < 1.29 is 9.50 Å². The number of halogens is 2. The second kappa shape index (κ2) is 7.53. The van der Waals surface area contributed by atoms with Crippen LogP contribution in [0.15, 0.2) is 53.0 Å². The molecule has 2 nitrogen and oxygen atoms in total. The van der Waals surface area contributed by atoms with Crippen LogP contribution in [0.25, 0.3) is 0 Å². The molecule has 0 heterocycles. The third kappa shape index (κ3) is 4.40. The van der Waals surface area contributed by atoms with Gasteiger partial charge < -0.3 is 10.4 Å². The summed E-state index contributed by atoms with van der Waals surface area (Å²) in [6.45, 7) is 0.411. The normalized spacial score (nSPS) is 12.3. The lowest BCUT2D eigenvalue weighted by atomic mass is 10.1. The Morgan fingerprint density at radius 2 is 1.90 bits per heavy atom. The lowest BCUT2D eigenvalue weighted by Gasteiger charge is -2.17. The molecule has 0 aliphatic carbocycles. The van der Waals surface area contributed by atoms with Crippen molar-refractivity contribution in [2.24, 2.45) is 0 Å². The molecule has 2 rings (SSSR count). The quantitative estimate of drug-likeness (QED) is 0.847. The van der Waals surface area contributed by atoms with Gasteiger partial charge in [0.25, 0.3) is 0 Å². The molecule has 1 atom stereocenters. The highest BCUT2D eigenvalue weighted by atomic mass is 79.9. The minimum absolute atomic E-state index is 0.0184. The van der Waals surface area contributed by atoms with E-state index in [1.807, 2.05) is 30.3 Å². The van der Waals surface area contributed by atoms with Crippen LogP contribution in [0.2, 0.25) is 0 Å².